The fourth-order valence-electron chi connectivity index (χ4n) is 3.59. The van der Waals surface area contributed by atoms with Gasteiger partial charge in [-0.15, -0.1) is 11.3 Å². The average molecular weight is 479 g/mol. The summed E-state index contributed by atoms with van der Waals surface area (Å²) in [5.74, 6) is -0.575. The Kier molecular flexibility index (Phi) is 5.39. The number of halogens is 2. The van der Waals surface area contributed by atoms with E-state index in [0.717, 1.165) is 22.7 Å². The minimum absolute atomic E-state index is 0.0748. The van der Waals surface area contributed by atoms with E-state index < -0.39 is 11.7 Å². The molecule has 9 heteroatoms. The number of carbonyl (C=O) groups is 1. The normalized spacial score (nSPS) is 11.2. The van der Waals surface area contributed by atoms with Crippen molar-refractivity contribution in [3.8, 4) is 11.3 Å². The summed E-state index contributed by atoms with van der Waals surface area (Å²) in [5.41, 5.74) is 2.31. The Morgan fingerprint density at radius 1 is 1.12 bits per heavy atom. The molecule has 0 fully saturated rings. The Labute approximate surface area is 196 Å². The van der Waals surface area contributed by atoms with Crippen LogP contribution in [0.4, 0.5) is 10.1 Å². The fraction of sp³-hybridized carbons (Fsp3) is 0.0833. The van der Waals surface area contributed by atoms with Gasteiger partial charge >= 0.3 is 0 Å². The summed E-state index contributed by atoms with van der Waals surface area (Å²) in [6.07, 6.45) is 0. The van der Waals surface area contributed by atoms with Gasteiger partial charge in [0.2, 0.25) is 5.91 Å². The van der Waals surface area contributed by atoms with Gasteiger partial charge in [0.05, 0.1) is 21.9 Å². The molecule has 0 aliphatic rings. The summed E-state index contributed by atoms with van der Waals surface area (Å²) in [6.45, 7) is 1.42. The highest BCUT2D eigenvalue weighted by molar-refractivity contribution is 7.25. The Bertz CT molecular complexity index is 1600. The van der Waals surface area contributed by atoms with Crippen LogP contribution in [0.2, 0.25) is 5.02 Å². The van der Waals surface area contributed by atoms with Gasteiger partial charge in [-0.1, -0.05) is 41.9 Å². The van der Waals surface area contributed by atoms with E-state index in [1.807, 2.05) is 42.5 Å². The van der Waals surface area contributed by atoms with Crippen molar-refractivity contribution in [2.24, 2.45) is 0 Å². The number of nitrogens with one attached hydrogen (secondary N) is 1. The molecule has 0 unspecified atom stereocenters. The minimum Gasteiger partial charge on any atom is -0.323 e. The van der Waals surface area contributed by atoms with Crippen LogP contribution >= 0.6 is 22.9 Å². The maximum Gasteiger partial charge on any atom is 0.272 e. The van der Waals surface area contributed by atoms with Crippen molar-refractivity contribution < 1.29 is 9.18 Å². The Morgan fingerprint density at radius 2 is 1.91 bits per heavy atom. The smallest absolute Gasteiger partial charge is 0.272 e. The highest BCUT2D eigenvalue weighted by Gasteiger charge is 2.17. The maximum atomic E-state index is 13.2. The zero-order valence-corrected chi connectivity index (χ0v) is 18.9. The summed E-state index contributed by atoms with van der Waals surface area (Å²) >= 11 is 7.23. The maximum absolute atomic E-state index is 13.2. The molecular weight excluding hydrogens is 463 g/mol. The first-order valence-corrected chi connectivity index (χ1v) is 11.2. The standard InChI is InChI=1S/C24H16ClFN4O2S/c1-13-27-21-16-8-10-18(14-5-3-2-4-6-14)29-23(16)33-22(21)24(32)30(13)12-20(31)28-19-9-7-15(26)11-17(19)25/h2-11H,12H2,1H3,(H,28,31). The third kappa shape index (κ3) is 3.99. The second kappa shape index (κ2) is 8.38. The van der Waals surface area contributed by atoms with Crippen molar-refractivity contribution in [2.75, 3.05) is 5.32 Å². The van der Waals surface area contributed by atoms with Crippen molar-refractivity contribution in [3.63, 3.8) is 0 Å². The molecule has 0 atom stereocenters. The van der Waals surface area contributed by atoms with Crippen molar-refractivity contribution in [2.45, 2.75) is 13.5 Å². The predicted octanol–water partition coefficient (Wildman–Crippen LogP) is 5.41. The van der Waals surface area contributed by atoms with E-state index in [0.29, 0.717) is 20.9 Å². The predicted molar refractivity (Wildman–Crippen MR) is 129 cm³/mol. The van der Waals surface area contributed by atoms with Crippen molar-refractivity contribution in [3.05, 3.63) is 87.7 Å². The topological polar surface area (TPSA) is 76.9 Å². The highest BCUT2D eigenvalue weighted by atomic mass is 35.5. The molecule has 0 radical (unpaired) electrons. The number of fused-ring (bicyclic) bond motifs is 3. The molecular formula is C24H16ClFN4O2S. The number of aromatic nitrogens is 3. The third-order valence-corrected chi connectivity index (χ3v) is 6.60. The summed E-state index contributed by atoms with van der Waals surface area (Å²) in [7, 11) is 0. The average Bonchev–Trinajstić information content (AvgIpc) is 3.17. The number of rotatable bonds is 4. The molecule has 0 aliphatic heterocycles. The first-order chi connectivity index (χ1) is 15.9. The van der Waals surface area contributed by atoms with E-state index in [1.165, 1.54) is 28.0 Å². The minimum atomic E-state index is -0.506. The van der Waals surface area contributed by atoms with Crippen LogP contribution in [0.15, 0.2) is 65.5 Å². The van der Waals surface area contributed by atoms with E-state index >= 15 is 0 Å². The van der Waals surface area contributed by atoms with Gasteiger partial charge in [0.15, 0.2) is 0 Å². The highest BCUT2D eigenvalue weighted by Crippen LogP contribution is 2.31. The van der Waals surface area contributed by atoms with Crippen LogP contribution in [0.5, 0.6) is 0 Å². The lowest BCUT2D eigenvalue weighted by Gasteiger charge is -2.11. The number of hydrogen-bond acceptors (Lipinski definition) is 5. The largest absolute Gasteiger partial charge is 0.323 e. The molecule has 0 saturated carbocycles. The molecule has 2 aromatic carbocycles. The van der Waals surface area contributed by atoms with Crippen LogP contribution in [0.25, 0.3) is 31.7 Å². The molecule has 5 rings (SSSR count). The molecule has 0 saturated heterocycles. The van der Waals surface area contributed by atoms with Crippen molar-refractivity contribution >= 4 is 55.0 Å². The third-order valence-electron chi connectivity index (χ3n) is 5.21. The lowest BCUT2D eigenvalue weighted by molar-refractivity contribution is -0.116. The van der Waals surface area contributed by atoms with Gasteiger partial charge in [-0.05, 0) is 37.3 Å². The Morgan fingerprint density at radius 3 is 2.67 bits per heavy atom. The van der Waals surface area contributed by atoms with E-state index in [2.05, 4.69) is 10.3 Å². The summed E-state index contributed by atoms with van der Waals surface area (Å²) in [5, 5.41) is 3.48. The van der Waals surface area contributed by atoms with Gasteiger partial charge < -0.3 is 5.32 Å². The number of thiophene rings is 1. The Balaban J connectivity index is 1.51. The Hall–Kier alpha value is -3.62. The quantitative estimate of drug-likeness (QED) is 0.374. The van der Waals surface area contributed by atoms with Crippen LogP contribution in [-0.4, -0.2) is 20.4 Å². The second-order valence-electron chi connectivity index (χ2n) is 7.42. The van der Waals surface area contributed by atoms with Gasteiger partial charge in [0.1, 0.15) is 27.7 Å². The molecule has 3 aromatic heterocycles. The van der Waals surface area contributed by atoms with E-state index in [1.54, 1.807) is 6.92 Å². The zero-order valence-electron chi connectivity index (χ0n) is 17.3. The number of anilines is 1. The summed E-state index contributed by atoms with van der Waals surface area (Å²) < 4.78 is 15.0. The van der Waals surface area contributed by atoms with E-state index in [-0.39, 0.29) is 22.8 Å². The first-order valence-electron chi connectivity index (χ1n) is 10.0. The lowest BCUT2D eigenvalue weighted by Crippen LogP contribution is -2.29. The molecule has 164 valence electrons. The summed E-state index contributed by atoms with van der Waals surface area (Å²) in [6, 6.07) is 17.3. The van der Waals surface area contributed by atoms with Crippen LogP contribution < -0.4 is 10.9 Å². The van der Waals surface area contributed by atoms with Gasteiger partial charge in [0.25, 0.3) is 5.56 Å². The van der Waals surface area contributed by atoms with Crippen molar-refractivity contribution in [1.82, 2.24) is 14.5 Å². The number of hydrogen-bond donors (Lipinski definition) is 1. The van der Waals surface area contributed by atoms with Gasteiger partial charge in [-0.25, -0.2) is 14.4 Å². The zero-order chi connectivity index (χ0) is 23.1. The molecule has 0 bridgehead atoms. The molecule has 0 spiro atoms. The van der Waals surface area contributed by atoms with Crippen molar-refractivity contribution in [1.29, 1.82) is 0 Å². The van der Waals surface area contributed by atoms with Crippen LogP contribution in [0, 0.1) is 12.7 Å². The number of benzene rings is 2. The van der Waals surface area contributed by atoms with Crippen LogP contribution in [-0.2, 0) is 11.3 Å². The number of aryl methyl sites for hydroxylation is 1. The van der Waals surface area contributed by atoms with E-state index in [9.17, 15) is 14.0 Å². The van der Waals surface area contributed by atoms with Gasteiger partial charge in [0, 0.05) is 10.9 Å². The molecule has 5 aromatic rings. The van der Waals surface area contributed by atoms with E-state index in [4.69, 9.17) is 16.6 Å². The first kappa shape index (κ1) is 21.2. The fourth-order valence-corrected chi connectivity index (χ4v) is 4.87. The molecule has 3 heterocycles. The number of pyridine rings is 1. The molecule has 0 aliphatic carbocycles. The molecule has 6 nitrogen and oxygen atoms in total. The molecule has 33 heavy (non-hydrogen) atoms. The summed E-state index contributed by atoms with van der Waals surface area (Å²) in [4.78, 5) is 35.8. The lowest BCUT2D eigenvalue weighted by atomic mass is 10.1. The SMILES string of the molecule is Cc1nc2c(sc3nc(-c4ccccc4)ccc32)c(=O)n1CC(=O)Nc1ccc(F)cc1Cl. The second-order valence-corrected chi connectivity index (χ2v) is 8.82. The van der Waals surface area contributed by atoms with Crippen LogP contribution in [0.3, 0.4) is 0 Å². The number of nitrogens with zero attached hydrogens (tertiary/aromatic N) is 3. The number of amides is 1. The monoisotopic (exact) mass is 478 g/mol. The van der Waals surface area contributed by atoms with Gasteiger partial charge in [-0.2, -0.15) is 0 Å². The van der Waals surface area contributed by atoms with Crippen LogP contribution in [0.1, 0.15) is 5.82 Å². The number of carbonyl (C=O) groups excluding carboxylic acids is 1. The molecule has 1 amide bonds. The van der Waals surface area contributed by atoms with Gasteiger partial charge in [-0.3, -0.25) is 14.2 Å². The molecule has 1 N–H and O–H groups in total.